The average molecular weight is 207 g/mol. The summed E-state index contributed by atoms with van der Waals surface area (Å²) in [4.78, 5) is 0. The van der Waals surface area contributed by atoms with Crippen molar-refractivity contribution in [1.29, 1.82) is 0 Å². The highest BCUT2D eigenvalue weighted by molar-refractivity contribution is 4.92. The van der Waals surface area contributed by atoms with Gasteiger partial charge in [-0.3, -0.25) is 0 Å². The average Bonchev–Trinajstić information content (AvgIpc) is 2.27. The van der Waals surface area contributed by atoms with Gasteiger partial charge in [-0.05, 0) is 45.2 Å². The fourth-order valence-corrected chi connectivity index (χ4v) is 1.86. The fraction of sp³-hybridized carbons (Fsp3) is 0.714. The Hall–Kier alpha value is -0.560. The molecular weight excluding hydrogens is 182 g/mol. The Labute approximate surface area is 94.6 Å². The summed E-state index contributed by atoms with van der Waals surface area (Å²) in [6.45, 7) is 2.34. The van der Waals surface area contributed by atoms with Crippen LogP contribution in [0, 0.1) is 0 Å². The first-order valence-electron chi connectivity index (χ1n) is 6.51. The minimum absolute atomic E-state index is 1.11. The van der Waals surface area contributed by atoms with Gasteiger partial charge in [-0.2, -0.15) is 0 Å². The van der Waals surface area contributed by atoms with Crippen molar-refractivity contribution in [3.63, 3.8) is 0 Å². The normalized spacial score (nSPS) is 21.9. The van der Waals surface area contributed by atoms with Crippen molar-refractivity contribution in [2.75, 3.05) is 13.1 Å². The summed E-state index contributed by atoms with van der Waals surface area (Å²) in [7, 11) is 0. The Bertz CT molecular complexity index is 162. The largest absolute Gasteiger partial charge is 0.316 e. The summed E-state index contributed by atoms with van der Waals surface area (Å²) in [6, 6.07) is 0. The van der Waals surface area contributed by atoms with Crippen molar-refractivity contribution < 1.29 is 0 Å². The van der Waals surface area contributed by atoms with Crippen molar-refractivity contribution in [2.45, 2.75) is 51.4 Å². The lowest BCUT2D eigenvalue weighted by molar-refractivity contribution is 0.579. The van der Waals surface area contributed by atoms with Crippen LogP contribution >= 0.6 is 0 Å². The lowest BCUT2D eigenvalue weighted by Gasteiger charge is -2.02. The maximum absolute atomic E-state index is 3.49. The number of rotatable bonds is 0. The molecule has 86 valence electrons. The standard InChI is InChI=1S/C14H25N/c1-2-4-6-8-10-12-14-15-13-11-9-7-5-3-1/h1,3,7,9,15H,2,4-6,8,10-14H2. The van der Waals surface area contributed by atoms with Gasteiger partial charge in [0.2, 0.25) is 0 Å². The zero-order valence-corrected chi connectivity index (χ0v) is 9.88. The minimum Gasteiger partial charge on any atom is -0.316 e. The van der Waals surface area contributed by atoms with Crippen LogP contribution in [0.25, 0.3) is 0 Å². The molecule has 0 spiro atoms. The van der Waals surface area contributed by atoms with Crippen molar-refractivity contribution >= 4 is 0 Å². The fourth-order valence-electron chi connectivity index (χ4n) is 1.86. The first kappa shape index (κ1) is 12.5. The molecule has 0 aromatic heterocycles. The van der Waals surface area contributed by atoms with E-state index in [1.54, 1.807) is 0 Å². The van der Waals surface area contributed by atoms with Crippen LogP contribution in [0.1, 0.15) is 51.4 Å². The lowest BCUT2D eigenvalue weighted by Crippen LogP contribution is -2.15. The molecule has 1 rings (SSSR count). The quantitative estimate of drug-likeness (QED) is 0.595. The van der Waals surface area contributed by atoms with Crippen LogP contribution in [0.15, 0.2) is 24.3 Å². The summed E-state index contributed by atoms with van der Waals surface area (Å²) in [5, 5.41) is 3.49. The molecule has 0 atom stereocenters. The summed E-state index contributed by atoms with van der Waals surface area (Å²) in [6.07, 6.45) is 19.7. The highest BCUT2D eigenvalue weighted by atomic mass is 14.8. The van der Waals surface area contributed by atoms with Gasteiger partial charge in [0.15, 0.2) is 0 Å². The van der Waals surface area contributed by atoms with Crippen LogP contribution in [0.4, 0.5) is 0 Å². The third-order valence-electron chi connectivity index (χ3n) is 2.82. The van der Waals surface area contributed by atoms with Crippen LogP contribution < -0.4 is 5.32 Å². The van der Waals surface area contributed by atoms with Gasteiger partial charge >= 0.3 is 0 Å². The molecule has 0 fully saturated rings. The third-order valence-corrected chi connectivity index (χ3v) is 2.82. The summed E-state index contributed by atoms with van der Waals surface area (Å²) in [5.74, 6) is 0. The molecule has 0 radical (unpaired) electrons. The van der Waals surface area contributed by atoms with Gasteiger partial charge in [0, 0.05) is 0 Å². The second kappa shape index (κ2) is 9.97. The molecule has 0 saturated carbocycles. The van der Waals surface area contributed by atoms with Crippen molar-refractivity contribution in [2.24, 2.45) is 0 Å². The molecule has 0 bridgehead atoms. The van der Waals surface area contributed by atoms with E-state index in [-0.39, 0.29) is 0 Å². The molecule has 1 heterocycles. The van der Waals surface area contributed by atoms with Crippen LogP contribution in [0.2, 0.25) is 0 Å². The lowest BCUT2D eigenvalue weighted by atomic mass is 10.1. The highest BCUT2D eigenvalue weighted by Gasteiger charge is 1.90. The zero-order valence-electron chi connectivity index (χ0n) is 9.88. The topological polar surface area (TPSA) is 12.0 Å². The Balaban J connectivity index is 2.15. The molecule has 1 nitrogen and oxygen atoms in total. The molecule has 0 aromatic rings. The summed E-state index contributed by atoms with van der Waals surface area (Å²) in [5.41, 5.74) is 0. The van der Waals surface area contributed by atoms with Gasteiger partial charge in [0.1, 0.15) is 0 Å². The number of hydrogen-bond donors (Lipinski definition) is 1. The predicted molar refractivity (Wildman–Crippen MR) is 68.1 cm³/mol. The van der Waals surface area contributed by atoms with E-state index in [1.165, 1.54) is 51.5 Å². The van der Waals surface area contributed by atoms with Gasteiger partial charge in [-0.25, -0.2) is 0 Å². The Morgan fingerprint density at radius 2 is 1.33 bits per heavy atom. The van der Waals surface area contributed by atoms with E-state index in [0.717, 1.165) is 13.0 Å². The van der Waals surface area contributed by atoms with Gasteiger partial charge in [-0.1, -0.05) is 43.6 Å². The molecule has 1 aliphatic rings. The number of allylic oxidation sites excluding steroid dienone is 3. The van der Waals surface area contributed by atoms with Crippen LogP contribution in [0.5, 0.6) is 0 Å². The van der Waals surface area contributed by atoms with E-state index in [9.17, 15) is 0 Å². The van der Waals surface area contributed by atoms with E-state index in [4.69, 9.17) is 0 Å². The molecule has 1 aliphatic heterocycles. The highest BCUT2D eigenvalue weighted by Crippen LogP contribution is 2.06. The van der Waals surface area contributed by atoms with Gasteiger partial charge in [0.05, 0.1) is 0 Å². The molecule has 1 heteroatoms. The van der Waals surface area contributed by atoms with E-state index in [1.807, 2.05) is 0 Å². The molecule has 0 aromatic carbocycles. The monoisotopic (exact) mass is 207 g/mol. The van der Waals surface area contributed by atoms with Gasteiger partial charge < -0.3 is 5.32 Å². The predicted octanol–water partition coefficient (Wildman–Crippen LogP) is 3.82. The Morgan fingerprint density at radius 1 is 0.600 bits per heavy atom. The first-order chi connectivity index (χ1) is 7.50. The first-order valence-corrected chi connectivity index (χ1v) is 6.51. The smallest absolute Gasteiger partial charge is 0.00143 e. The minimum atomic E-state index is 1.11. The summed E-state index contributed by atoms with van der Waals surface area (Å²) >= 11 is 0. The zero-order chi connectivity index (χ0) is 10.6. The van der Waals surface area contributed by atoms with E-state index in [2.05, 4.69) is 29.6 Å². The van der Waals surface area contributed by atoms with Gasteiger partial charge in [-0.15, -0.1) is 0 Å². The van der Waals surface area contributed by atoms with Crippen LogP contribution in [-0.2, 0) is 0 Å². The second-order valence-corrected chi connectivity index (χ2v) is 4.27. The molecular formula is C14H25N. The maximum atomic E-state index is 3.49. The second-order valence-electron chi connectivity index (χ2n) is 4.27. The SMILES string of the molecule is C1=CCCCCCCCNCCC=CC1. The molecule has 0 saturated heterocycles. The van der Waals surface area contributed by atoms with E-state index >= 15 is 0 Å². The van der Waals surface area contributed by atoms with Crippen LogP contribution in [-0.4, -0.2) is 13.1 Å². The van der Waals surface area contributed by atoms with Gasteiger partial charge in [0.25, 0.3) is 0 Å². The van der Waals surface area contributed by atoms with Crippen molar-refractivity contribution in [3.05, 3.63) is 24.3 Å². The number of hydrogen-bond acceptors (Lipinski definition) is 1. The number of nitrogens with one attached hydrogen (secondary N) is 1. The molecule has 0 amide bonds. The maximum Gasteiger partial charge on any atom is -0.00143 e. The summed E-state index contributed by atoms with van der Waals surface area (Å²) < 4.78 is 0. The van der Waals surface area contributed by atoms with Crippen LogP contribution in [0.3, 0.4) is 0 Å². The molecule has 1 N–H and O–H groups in total. The van der Waals surface area contributed by atoms with E-state index in [0.29, 0.717) is 0 Å². The molecule has 0 aliphatic carbocycles. The van der Waals surface area contributed by atoms with E-state index < -0.39 is 0 Å². The third kappa shape index (κ3) is 8.44. The Morgan fingerprint density at radius 3 is 2.27 bits per heavy atom. The Kier molecular flexibility index (Phi) is 8.32. The van der Waals surface area contributed by atoms with Crippen molar-refractivity contribution in [1.82, 2.24) is 5.32 Å². The molecule has 15 heavy (non-hydrogen) atoms. The molecule has 0 unspecified atom stereocenters. The van der Waals surface area contributed by atoms with Crippen molar-refractivity contribution in [3.8, 4) is 0 Å².